The van der Waals surface area contributed by atoms with Gasteiger partial charge < -0.3 is 14.4 Å². The van der Waals surface area contributed by atoms with Crippen molar-refractivity contribution in [2.45, 2.75) is 122 Å². The number of rotatable bonds is 22. The summed E-state index contributed by atoms with van der Waals surface area (Å²) in [5, 5.41) is 2.62. The van der Waals surface area contributed by atoms with Crippen LogP contribution in [0.15, 0.2) is 54.6 Å². The summed E-state index contributed by atoms with van der Waals surface area (Å²) in [5.41, 5.74) is 2.20. The molecule has 51 heavy (non-hydrogen) atoms. The molecule has 0 atom stereocenters. The van der Waals surface area contributed by atoms with E-state index < -0.39 is 6.09 Å². The average molecular weight is 699 g/mol. The number of aryl methyl sites for hydroxylation is 1. The van der Waals surface area contributed by atoms with Gasteiger partial charge in [0.1, 0.15) is 0 Å². The maximum Gasteiger partial charge on any atom is 0.422 e. The Bertz CT molecular complexity index is 1480. The number of hydrogen-bond donors (Lipinski definition) is 0. The van der Waals surface area contributed by atoms with E-state index in [-0.39, 0.29) is 12.3 Å². The number of carbonyl (C=O) groups is 2. The van der Waals surface area contributed by atoms with Crippen LogP contribution in [0.2, 0.25) is 0 Å². The van der Waals surface area contributed by atoms with Crippen LogP contribution in [0.1, 0.15) is 122 Å². The monoisotopic (exact) mass is 698 g/mol. The number of imide groups is 1. The topological polar surface area (TPSA) is 75.2 Å². The first-order valence-electron chi connectivity index (χ1n) is 20.2. The molecule has 1 aromatic heterocycles. The zero-order valence-corrected chi connectivity index (χ0v) is 31.3. The summed E-state index contributed by atoms with van der Waals surface area (Å²) in [7, 11) is 0. The molecule has 2 amide bonds. The number of anilines is 2. The second-order valence-electron chi connectivity index (χ2n) is 14.5. The number of pyridine rings is 1. The summed E-state index contributed by atoms with van der Waals surface area (Å²) in [6.45, 7) is 8.33. The highest BCUT2D eigenvalue weighted by atomic mass is 16.6. The molecule has 3 heterocycles. The smallest absolute Gasteiger partial charge is 0.422 e. The summed E-state index contributed by atoms with van der Waals surface area (Å²) in [5.74, 6) is 0.536. The van der Waals surface area contributed by atoms with Crippen LogP contribution in [-0.4, -0.2) is 67.8 Å². The van der Waals surface area contributed by atoms with E-state index in [1.807, 2.05) is 12.1 Å². The van der Waals surface area contributed by atoms with Crippen LogP contribution >= 0.6 is 0 Å². The Hall–Kier alpha value is -3.65. The number of hydrogen-bond acceptors (Lipinski definition) is 7. The standard InChI is InChI=1S/C43H62N4O4/c1-2-3-4-5-6-7-8-9-10-11-12-13-14-18-35-51-43(49)47-41(48)28-26-37-25-27-40(44-42(37)47)50-34-19-17-29-45-30-32-46(33-31-45)39-24-20-22-36-21-15-16-23-38(36)39/h15-16,20-25,27H,2-14,17-19,26,28-35H2,1H3. The lowest BCUT2D eigenvalue weighted by Gasteiger charge is -2.36. The lowest BCUT2D eigenvalue weighted by Crippen LogP contribution is -2.46. The van der Waals surface area contributed by atoms with Crippen LogP contribution in [0.5, 0.6) is 5.88 Å². The van der Waals surface area contributed by atoms with Crippen molar-refractivity contribution in [3.63, 3.8) is 0 Å². The molecule has 5 rings (SSSR count). The van der Waals surface area contributed by atoms with Gasteiger partial charge in [-0.1, -0.05) is 127 Å². The maximum absolute atomic E-state index is 13.0. The second-order valence-corrected chi connectivity index (χ2v) is 14.5. The summed E-state index contributed by atoms with van der Waals surface area (Å²) in [6, 6.07) is 19.0. The number of amides is 2. The summed E-state index contributed by atoms with van der Waals surface area (Å²) in [4.78, 5) is 36.6. The fourth-order valence-corrected chi connectivity index (χ4v) is 7.42. The highest BCUT2D eigenvalue weighted by Gasteiger charge is 2.32. The molecule has 2 aromatic carbocycles. The van der Waals surface area contributed by atoms with Gasteiger partial charge in [-0.25, -0.2) is 4.79 Å². The fourth-order valence-electron chi connectivity index (χ4n) is 7.42. The van der Waals surface area contributed by atoms with Crippen molar-refractivity contribution in [3.8, 4) is 5.88 Å². The Morgan fingerprint density at radius 1 is 0.686 bits per heavy atom. The summed E-state index contributed by atoms with van der Waals surface area (Å²) < 4.78 is 11.6. The Morgan fingerprint density at radius 3 is 2.06 bits per heavy atom. The van der Waals surface area contributed by atoms with E-state index in [1.165, 1.54) is 87.1 Å². The Balaban J connectivity index is 0.938. The number of fused-ring (bicyclic) bond motifs is 2. The van der Waals surface area contributed by atoms with Gasteiger partial charge in [0, 0.05) is 49.7 Å². The molecule has 0 N–H and O–H groups in total. The highest BCUT2D eigenvalue weighted by molar-refractivity contribution is 6.13. The van der Waals surface area contributed by atoms with Gasteiger partial charge in [0.2, 0.25) is 11.8 Å². The van der Waals surface area contributed by atoms with Gasteiger partial charge in [0.25, 0.3) is 0 Å². The zero-order chi connectivity index (χ0) is 35.5. The van der Waals surface area contributed by atoms with Crippen LogP contribution in [0.4, 0.5) is 16.3 Å². The van der Waals surface area contributed by atoms with Crippen LogP contribution in [0.3, 0.4) is 0 Å². The minimum atomic E-state index is -0.624. The molecule has 8 heteroatoms. The first kappa shape index (κ1) is 38.6. The van der Waals surface area contributed by atoms with Crippen LogP contribution in [0.25, 0.3) is 10.8 Å². The lowest BCUT2D eigenvalue weighted by molar-refractivity contribution is -0.118. The molecule has 8 nitrogen and oxygen atoms in total. The normalized spacial score (nSPS) is 15.0. The van der Waals surface area contributed by atoms with Gasteiger partial charge in [-0.15, -0.1) is 0 Å². The zero-order valence-electron chi connectivity index (χ0n) is 31.3. The van der Waals surface area contributed by atoms with E-state index in [2.05, 4.69) is 64.2 Å². The Kier molecular flexibility index (Phi) is 16.4. The molecule has 0 aliphatic carbocycles. The number of piperazine rings is 1. The van der Waals surface area contributed by atoms with Gasteiger partial charge >= 0.3 is 6.09 Å². The van der Waals surface area contributed by atoms with E-state index in [4.69, 9.17) is 9.47 Å². The third-order valence-electron chi connectivity index (χ3n) is 10.5. The van der Waals surface area contributed by atoms with Crippen molar-refractivity contribution < 1.29 is 19.1 Å². The third kappa shape index (κ3) is 12.2. The van der Waals surface area contributed by atoms with Gasteiger partial charge in [-0.05, 0) is 55.3 Å². The van der Waals surface area contributed by atoms with Gasteiger partial charge in [-0.3, -0.25) is 9.69 Å². The van der Waals surface area contributed by atoms with Gasteiger partial charge in [0.05, 0.1) is 13.2 Å². The van der Waals surface area contributed by atoms with Crippen molar-refractivity contribution >= 4 is 34.3 Å². The summed E-state index contributed by atoms with van der Waals surface area (Å²) in [6.07, 6.45) is 20.0. The first-order chi connectivity index (χ1) is 25.1. The largest absolute Gasteiger partial charge is 0.478 e. The Morgan fingerprint density at radius 2 is 1.33 bits per heavy atom. The van der Waals surface area contributed by atoms with E-state index in [0.29, 0.717) is 31.3 Å². The van der Waals surface area contributed by atoms with Crippen molar-refractivity contribution in [1.29, 1.82) is 0 Å². The van der Waals surface area contributed by atoms with Crippen molar-refractivity contribution in [3.05, 3.63) is 60.2 Å². The predicted octanol–water partition coefficient (Wildman–Crippen LogP) is 10.1. The number of carbonyl (C=O) groups excluding carboxylic acids is 2. The van der Waals surface area contributed by atoms with Crippen LogP contribution in [-0.2, 0) is 16.0 Å². The number of aromatic nitrogens is 1. The average Bonchev–Trinajstić information content (AvgIpc) is 3.16. The number of benzene rings is 2. The van der Waals surface area contributed by atoms with E-state index in [9.17, 15) is 9.59 Å². The summed E-state index contributed by atoms with van der Waals surface area (Å²) >= 11 is 0. The highest BCUT2D eigenvalue weighted by Crippen LogP contribution is 2.30. The molecule has 0 bridgehead atoms. The minimum absolute atomic E-state index is 0.265. The Labute approximate surface area is 306 Å². The maximum atomic E-state index is 13.0. The quantitative estimate of drug-likeness (QED) is 0.0967. The lowest BCUT2D eigenvalue weighted by atomic mass is 10.0. The third-order valence-corrected chi connectivity index (χ3v) is 10.5. The number of nitrogens with zero attached hydrogens (tertiary/aromatic N) is 4. The molecule has 1 saturated heterocycles. The number of ether oxygens (including phenoxy) is 2. The van der Waals surface area contributed by atoms with Crippen molar-refractivity contribution in [2.24, 2.45) is 0 Å². The second kappa shape index (κ2) is 21.7. The molecule has 1 fully saturated rings. The van der Waals surface area contributed by atoms with Crippen molar-refractivity contribution in [1.82, 2.24) is 9.88 Å². The van der Waals surface area contributed by atoms with Crippen LogP contribution in [0, 0.1) is 0 Å². The van der Waals surface area contributed by atoms with E-state index in [1.54, 1.807) is 0 Å². The van der Waals surface area contributed by atoms with E-state index in [0.717, 1.165) is 75.3 Å². The molecule has 2 aliphatic rings. The minimum Gasteiger partial charge on any atom is -0.478 e. The molecular formula is C43H62N4O4. The molecule has 0 spiro atoms. The SMILES string of the molecule is CCCCCCCCCCCCCCCCOC(=O)N1C(=O)CCc2ccc(OCCCCN3CCN(c4cccc5ccccc45)CC3)nc21. The first-order valence-corrected chi connectivity index (χ1v) is 20.2. The van der Waals surface area contributed by atoms with Crippen molar-refractivity contribution in [2.75, 3.05) is 55.7 Å². The molecule has 278 valence electrons. The van der Waals surface area contributed by atoms with Gasteiger partial charge in [0.15, 0.2) is 5.82 Å². The predicted molar refractivity (Wildman–Crippen MR) is 209 cm³/mol. The number of unbranched alkanes of at least 4 members (excludes halogenated alkanes) is 14. The molecule has 0 saturated carbocycles. The molecule has 3 aromatic rings. The molecule has 0 radical (unpaired) electrons. The molecule has 0 unspecified atom stereocenters. The fraction of sp³-hybridized carbons (Fsp3) is 0.605. The van der Waals surface area contributed by atoms with Gasteiger partial charge in [-0.2, -0.15) is 9.88 Å². The van der Waals surface area contributed by atoms with E-state index >= 15 is 0 Å². The molecule has 2 aliphatic heterocycles. The van der Waals surface area contributed by atoms with Crippen LogP contribution < -0.4 is 14.5 Å². The molecular weight excluding hydrogens is 636 g/mol.